The van der Waals surface area contributed by atoms with Crippen molar-refractivity contribution >= 4 is 55.0 Å². The summed E-state index contributed by atoms with van der Waals surface area (Å²) in [7, 11) is 3.43. The Morgan fingerprint density at radius 2 is 1.17 bits per heavy atom. The highest BCUT2D eigenvalue weighted by Crippen LogP contribution is 2.20. The maximum absolute atomic E-state index is 11.5. The molecule has 1 rings (SSSR count). The van der Waals surface area contributed by atoms with Crippen LogP contribution in [0.1, 0.15) is 0 Å². The normalized spacial score (nSPS) is 10.0. The van der Waals surface area contributed by atoms with Crippen molar-refractivity contribution < 1.29 is 9.59 Å². The van der Waals surface area contributed by atoms with Crippen LogP contribution in [0.4, 0.5) is 11.4 Å². The molecular weight excluding hydrogens is 364 g/mol. The molecular formula is C12H14Br2N2O2. The van der Waals surface area contributed by atoms with E-state index in [0.29, 0.717) is 0 Å². The third-order valence-corrected chi connectivity index (χ3v) is 3.56. The molecule has 4 nitrogen and oxygen atoms in total. The van der Waals surface area contributed by atoms with Crippen molar-refractivity contribution in [2.75, 3.05) is 34.6 Å². The molecule has 0 spiro atoms. The summed E-state index contributed by atoms with van der Waals surface area (Å²) in [6.07, 6.45) is 0. The number of hydrogen-bond donors (Lipinski definition) is 0. The molecule has 1 aromatic carbocycles. The van der Waals surface area contributed by atoms with E-state index in [1.54, 1.807) is 23.9 Å². The number of carbonyl (C=O) groups excluding carboxylic acids is 2. The van der Waals surface area contributed by atoms with Gasteiger partial charge >= 0.3 is 0 Å². The van der Waals surface area contributed by atoms with Crippen molar-refractivity contribution in [3.8, 4) is 0 Å². The van der Waals surface area contributed by atoms with E-state index in [-0.39, 0.29) is 22.5 Å². The first-order chi connectivity index (χ1) is 8.51. The van der Waals surface area contributed by atoms with E-state index >= 15 is 0 Å². The lowest BCUT2D eigenvalue weighted by Gasteiger charge is -2.19. The summed E-state index contributed by atoms with van der Waals surface area (Å²) < 4.78 is 0. The van der Waals surface area contributed by atoms with Crippen LogP contribution in [0.5, 0.6) is 0 Å². The van der Waals surface area contributed by atoms with Crippen LogP contribution in [0.25, 0.3) is 0 Å². The number of benzene rings is 1. The van der Waals surface area contributed by atoms with Gasteiger partial charge in [-0.2, -0.15) is 0 Å². The minimum atomic E-state index is -0.0207. The van der Waals surface area contributed by atoms with E-state index in [1.807, 2.05) is 24.3 Å². The lowest BCUT2D eigenvalue weighted by atomic mass is 10.2. The molecule has 0 bridgehead atoms. The molecule has 0 saturated heterocycles. The van der Waals surface area contributed by atoms with Crippen LogP contribution in [0, 0.1) is 0 Å². The van der Waals surface area contributed by atoms with Gasteiger partial charge in [-0.05, 0) is 24.3 Å². The van der Waals surface area contributed by atoms with Crippen LogP contribution < -0.4 is 9.80 Å². The van der Waals surface area contributed by atoms with Crippen LogP contribution in [0.3, 0.4) is 0 Å². The van der Waals surface area contributed by atoms with Crippen molar-refractivity contribution in [3.63, 3.8) is 0 Å². The maximum Gasteiger partial charge on any atom is 0.237 e. The lowest BCUT2D eigenvalue weighted by Crippen LogP contribution is -2.28. The van der Waals surface area contributed by atoms with E-state index in [9.17, 15) is 9.59 Å². The zero-order valence-electron chi connectivity index (χ0n) is 10.2. The first-order valence-electron chi connectivity index (χ1n) is 5.26. The van der Waals surface area contributed by atoms with Crippen molar-refractivity contribution in [3.05, 3.63) is 24.3 Å². The Balaban J connectivity index is 2.86. The van der Waals surface area contributed by atoms with E-state index in [4.69, 9.17) is 0 Å². The predicted octanol–water partition coefficient (Wildman–Crippen LogP) is 2.40. The van der Waals surface area contributed by atoms with Gasteiger partial charge in [0.2, 0.25) is 11.8 Å². The van der Waals surface area contributed by atoms with E-state index in [0.717, 1.165) is 11.4 Å². The second-order valence-corrected chi connectivity index (χ2v) is 4.81. The van der Waals surface area contributed by atoms with Crippen molar-refractivity contribution in [2.45, 2.75) is 0 Å². The Morgan fingerprint density at radius 1 is 0.889 bits per heavy atom. The average molecular weight is 378 g/mol. The molecule has 98 valence electrons. The minimum absolute atomic E-state index is 0.0207. The van der Waals surface area contributed by atoms with Crippen LogP contribution in [-0.4, -0.2) is 36.6 Å². The molecule has 0 radical (unpaired) electrons. The fourth-order valence-electron chi connectivity index (χ4n) is 1.37. The molecule has 1 aromatic rings. The van der Waals surface area contributed by atoms with Crippen LogP contribution in [0.15, 0.2) is 24.3 Å². The largest absolute Gasteiger partial charge is 0.315 e. The Bertz CT molecular complexity index is 393. The SMILES string of the molecule is CN(C(=O)CBr)c1ccc(N(C)C(=O)CBr)cc1. The quantitative estimate of drug-likeness (QED) is 0.756. The number of nitrogens with zero attached hydrogens (tertiary/aromatic N) is 2. The summed E-state index contributed by atoms with van der Waals surface area (Å²) in [5.41, 5.74) is 1.59. The topological polar surface area (TPSA) is 40.6 Å². The molecule has 0 heterocycles. The molecule has 0 saturated carbocycles. The number of halogens is 2. The molecule has 0 atom stereocenters. The van der Waals surface area contributed by atoms with E-state index in [1.165, 1.54) is 0 Å². The Morgan fingerprint density at radius 3 is 1.39 bits per heavy atom. The summed E-state index contributed by atoms with van der Waals surface area (Å²) in [4.78, 5) is 26.1. The fourth-order valence-corrected chi connectivity index (χ4v) is 2.12. The highest BCUT2D eigenvalue weighted by molar-refractivity contribution is 9.09. The molecule has 6 heteroatoms. The Labute approximate surface area is 123 Å². The van der Waals surface area contributed by atoms with Crippen LogP contribution in [0.2, 0.25) is 0 Å². The average Bonchev–Trinajstić information content (AvgIpc) is 2.44. The number of rotatable bonds is 4. The molecule has 2 amide bonds. The van der Waals surface area contributed by atoms with Crippen molar-refractivity contribution in [1.29, 1.82) is 0 Å². The zero-order chi connectivity index (χ0) is 13.7. The highest BCUT2D eigenvalue weighted by Gasteiger charge is 2.11. The van der Waals surface area contributed by atoms with Crippen LogP contribution in [-0.2, 0) is 9.59 Å². The molecule has 0 aliphatic carbocycles. The van der Waals surface area contributed by atoms with Gasteiger partial charge in [0.1, 0.15) is 0 Å². The molecule has 0 fully saturated rings. The van der Waals surface area contributed by atoms with Gasteiger partial charge in [-0.25, -0.2) is 0 Å². The monoisotopic (exact) mass is 376 g/mol. The summed E-state index contributed by atoms with van der Waals surface area (Å²) in [5, 5.41) is 0.570. The second kappa shape index (κ2) is 6.89. The van der Waals surface area contributed by atoms with Gasteiger partial charge in [-0.3, -0.25) is 9.59 Å². The van der Waals surface area contributed by atoms with Gasteiger partial charge in [0, 0.05) is 25.5 Å². The molecule has 0 unspecified atom stereocenters. The molecule has 0 aliphatic rings. The van der Waals surface area contributed by atoms with Gasteiger partial charge in [0.05, 0.1) is 10.7 Å². The predicted molar refractivity (Wildman–Crippen MR) is 80.9 cm³/mol. The second-order valence-electron chi connectivity index (χ2n) is 3.69. The number of carbonyl (C=O) groups is 2. The van der Waals surface area contributed by atoms with Crippen molar-refractivity contribution in [1.82, 2.24) is 0 Å². The third kappa shape index (κ3) is 3.55. The van der Waals surface area contributed by atoms with Crippen LogP contribution >= 0.6 is 31.9 Å². The lowest BCUT2D eigenvalue weighted by molar-refractivity contribution is -0.116. The zero-order valence-corrected chi connectivity index (χ0v) is 13.4. The smallest absolute Gasteiger partial charge is 0.237 e. The molecule has 0 aromatic heterocycles. The number of alkyl halides is 2. The Hall–Kier alpha value is -0.880. The molecule has 18 heavy (non-hydrogen) atoms. The molecule has 0 aliphatic heterocycles. The van der Waals surface area contributed by atoms with Gasteiger partial charge in [0.25, 0.3) is 0 Å². The van der Waals surface area contributed by atoms with Gasteiger partial charge < -0.3 is 9.80 Å². The third-order valence-electron chi connectivity index (χ3n) is 2.60. The number of anilines is 2. The maximum atomic E-state index is 11.5. The first kappa shape index (κ1) is 15.2. The summed E-state index contributed by atoms with van der Waals surface area (Å²) >= 11 is 6.26. The summed E-state index contributed by atoms with van der Waals surface area (Å²) in [5.74, 6) is -0.0414. The number of amides is 2. The first-order valence-corrected chi connectivity index (χ1v) is 7.50. The Kier molecular flexibility index (Phi) is 5.81. The van der Waals surface area contributed by atoms with E-state index in [2.05, 4.69) is 31.9 Å². The molecule has 0 N–H and O–H groups in total. The van der Waals surface area contributed by atoms with E-state index < -0.39 is 0 Å². The highest BCUT2D eigenvalue weighted by atomic mass is 79.9. The summed E-state index contributed by atoms with van der Waals surface area (Å²) in [6.45, 7) is 0. The number of hydrogen-bond acceptors (Lipinski definition) is 2. The van der Waals surface area contributed by atoms with Gasteiger partial charge in [-0.15, -0.1) is 0 Å². The fraction of sp³-hybridized carbons (Fsp3) is 0.333. The van der Waals surface area contributed by atoms with Gasteiger partial charge in [-0.1, -0.05) is 31.9 Å². The summed E-state index contributed by atoms with van der Waals surface area (Å²) in [6, 6.07) is 7.25. The van der Waals surface area contributed by atoms with Gasteiger partial charge in [0.15, 0.2) is 0 Å². The van der Waals surface area contributed by atoms with Crippen molar-refractivity contribution in [2.24, 2.45) is 0 Å². The minimum Gasteiger partial charge on any atom is -0.315 e. The standard InChI is InChI=1S/C12H14Br2N2O2/c1-15(11(17)7-13)9-3-5-10(6-4-9)16(2)12(18)8-14/h3-6H,7-8H2,1-2H3.